The predicted molar refractivity (Wildman–Crippen MR) is 72.3 cm³/mol. The first-order chi connectivity index (χ1) is 8.48. The largest absolute Gasteiger partial charge is 0.369 e. The number of pyridine rings is 1. The van der Waals surface area contributed by atoms with E-state index in [1.54, 1.807) is 18.3 Å². The fourth-order valence-electron chi connectivity index (χ4n) is 2.58. The van der Waals surface area contributed by atoms with Crippen molar-refractivity contribution in [2.75, 3.05) is 18.1 Å². The van der Waals surface area contributed by atoms with Gasteiger partial charge < -0.3 is 5.32 Å². The second kappa shape index (κ2) is 5.26. The molecule has 1 fully saturated rings. The quantitative estimate of drug-likeness (QED) is 0.910. The van der Waals surface area contributed by atoms with Crippen molar-refractivity contribution in [3.05, 3.63) is 18.3 Å². The Bertz CT molecular complexity index is 513. The lowest BCUT2D eigenvalue weighted by Crippen LogP contribution is -2.18. The number of anilines is 1. The fraction of sp³-hybridized carbons (Fsp3) is 0.615. The molecular weight excluding hydrogens is 248 g/mol. The highest BCUT2D eigenvalue weighted by Gasteiger charge is 2.23. The van der Waals surface area contributed by atoms with Gasteiger partial charge in [0.1, 0.15) is 10.7 Å². The van der Waals surface area contributed by atoms with Crippen molar-refractivity contribution in [2.24, 2.45) is 11.8 Å². The Morgan fingerprint density at radius 1 is 1.44 bits per heavy atom. The summed E-state index contributed by atoms with van der Waals surface area (Å²) in [5, 5.41) is 3.20. The van der Waals surface area contributed by atoms with Gasteiger partial charge in [0.15, 0.2) is 9.84 Å². The first-order valence-electron chi connectivity index (χ1n) is 6.37. The normalized spacial score (nSPS) is 24.1. The van der Waals surface area contributed by atoms with Gasteiger partial charge in [0.05, 0.1) is 0 Å². The molecule has 0 aliphatic heterocycles. The molecule has 18 heavy (non-hydrogen) atoms. The highest BCUT2D eigenvalue weighted by molar-refractivity contribution is 7.90. The standard InChI is InChI=1S/C13H20N2O2S/c1-10-5-3-6-11(10)9-15-13-12(18(2,16)17)7-4-8-14-13/h4,7-8,10-11H,3,5-6,9H2,1-2H3,(H,14,15). The molecule has 1 aromatic heterocycles. The zero-order valence-electron chi connectivity index (χ0n) is 10.9. The number of rotatable bonds is 4. The van der Waals surface area contributed by atoms with E-state index >= 15 is 0 Å². The second-order valence-electron chi connectivity index (χ2n) is 5.17. The van der Waals surface area contributed by atoms with Gasteiger partial charge in [0.25, 0.3) is 0 Å². The molecule has 0 spiro atoms. The lowest BCUT2D eigenvalue weighted by atomic mass is 9.98. The van der Waals surface area contributed by atoms with Crippen molar-refractivity contribution in [3.63, 3.8) is 0 Å². The van der Waals surface area contributed by atoms with Crippen LogP contribution in [0.25, 0.3) is 0 Å². The van der Waals surface area contributed by atoms with E-state index in [9.17, 15) is 8.42 Å². The Labute approximate surface area is 109 Å². The van der Waals surface area contributed by atoms with E-state index in [1.165, 1.54) is 25.5 Å². The number of nitrogens with zero attached hydrogens (tertiary/aromatic N) is 1. The third-order valence-electron chi connectivity index (χ3n) is 3.74. The Hall–Kier alpha value is -1.10. The molecule has 2 rings (SSSR count). The van der Waals surface area contributed by atoms with Gasteiger partial charge in [-0.1, -0.05) is 19.8 Å². The van der Waals surface area contributed by atoms with E-state index < -0.39 is 9.84 Å². The number of hydrogen-bond donors (Lipinski definition) is 1. The van der Waals surface area contributed by atoms with Gasteiger partial charge in [0, 0.05) is 19.0 Å². The Kier molecular flexibility index (Phi) is 3.90. The topological polar surface area (TPSA) is 59.1 Å². The van der Waals surface area contributed by atoms with Crippen LogP contribution in [0.15, 0.2) is 23.2 Å². The molecule has 0 bridgehead atoms. The van der Waals surface area contributed by atoms with Gasteiger partial charge in [-0.15, -0.1) is 0 Å². The van der Waals surface area contributed by atoms with Crippen molar-refractivity contribution in [1.29, 1.82) is 0 Å². The van der Waals surface area contributed by atoms with Crippen LogP contribution in [-0.4, -0.2) is 26.2 Å². The van der Waals surface area contributed by atoms with Crippen LogP contribution < -0.4 is 5.32 Å². The van der Waals surface area contributed by atoms with Crippen LogP contribution >= 0.6 is 0 Å². The summed E-state index contributed by atoms with van der Waals surface area (Å²) in [7, 11) is -3.22. The number of sulfone groups is 1. The van der Waals surface area contributed by atoms with E-state index in [-0.39, 0.29) is 4.90 Å². The highest BCUT2D eigenvalue weighted by Crippen LogP contribution is 2.31. The zero-order chi connectivity index (χ0) is 13.2. The minimum atomic E-state index is -3.22. The third kappa shape index (κ3) is 3.02. The average molecular weight is 268 g/mol. The molecule has 2 unspecified atom stereocenters. The summed E-state index contributed by atoms with van der Waals surface area (Å²) >= 11 is 0. The van der Waals surface area contributed by atoms with Gasteiger partial charge in [-0.2, -0.15) is 0 Å². The predicted octanol–water partition coefficient (Wildman–Crippen LogP) is 2.33. The highest BCUT2D eigenvalue weighted by atomic mass is 32.2. The van der Waals surface area contributed by atoms with E-state index in [1.807, 2.05) is 0 Å². The maximum Gasteiger partial charge on any atom is 0.179 e. The Balaban J connectivity index is 2.10. The molecule has 0 saturated heterocycles. The van der Waals surface area contributed by atoms with E-state index in [0.717, 1.165) is 6.54 Å². The average Bonchev–Trinajstić information content (AvgIpc) is 2.71. The first kappa shape index (κ1) is 13.3. The van der Waals surface area contributed by atoms with Gasteiger partial charge in [-0.05, 0) is 30.4 Å². The van der Waals surface area contributed by atoms with Crippen molar-refractivity contribution in [3.8, 4) is 0 Å². The van der Waals surface area contributed by atoms with Crippen LogP contribution in [0.1, 0.15) is 26.2 Å². The number of aromatic nitrogens is 1. The fourth-order valence-corrected chi connectivity index (χ4v) is 3.38. The molecule has 0 amide bonds. The molecule has 1 N–H and O–H groups in total. The molecule has 1 aromatic rings. The van der Waals surface area contributed by atoms with Gasteiger partial charge >= 0.3 is 0 Å². The molecule has 100 valence electrons. The van der Waals surface area contributed by atoms with Crippen LogP contribution in [0.4, 0.5) is 5.82 Å². The lowest BCUT2D eigenvalue weighted by molar-refractivity contribution is 0.439. The molecule has 1 saturated carbocycles. The van der Waals surface area contributed by atoms with E-state index in [4.69, 9.17) is 0 Å². The van der Waals surface area contributed by atoms with Crippen LogP contribution in [-0.2, 0) is 9.84 Å². The molecule has 1 aliphatic carbocycles. The van der Waals surface area contributed by atoms with Gasteiger partial charge in [0.2, 0.25) is 0 Å². The summed E-state index contributed by atoms with van der Waals surface area (Å²) in [6, 6.07) is 3.25. The summed E-state index contributed by atoms with van der Waals surface area (Å²) in [6.07, 6.45) is 6.60. The molecule has 0 aromatic carbocycles. The minimum Gasteiger partial charge on any atom is -0.369 e. The molecular formula is C13H20N2O2S. The summed E-state index contributed by atoms with van der Waals surface area (Å²) in [4.78, 5) is 4.43. The van der Waals surface area contributed by atoms with Crippen molar-refractivity contribution >= 4 is 15.7 Å². The number of nitrogens with one attached hydrogen (secondary N) is 1. The summed E-state index contributed by atoms with van der Waals surface area (Å²) in [5.74, 6) is 1.82. The molecule has 2 atom stereocenters. The summed E-state index contributed by atoms with van der Waals surface area (Å²) in [6.45, 7) is 3.07. The zero-order valence-corrected chi connectivity index (χ0v) is 11.7. The van der Waals surface area contributed by atoms with Crippen LogP contribution in [0.5, 0.6) is 0 Å². The smallest absolute Gasteiger partial charge is 0.179 e. The summed E-state index contributed by atoms with van der Waals surface area (Å²) in [5.41, 5.74) is 0. The third-order valence-corrected chi connectivity index (χ3v) is 4.87. The Morgan fingerprint density at radius 2 is 2.22 bits per heavy atom. The monoisotopic (exact) mass is 268 g/mol. The maximum atomic E-state index is 11.6. The van der Waals surface area contributed by atoms with Crippen molar-refractivity contribution < 1.29 is 8.42 Å². The summed E-state index contributed by atoms with van der Waals surface area (Å²) < 4.78 is 23.3. The van der Waals surface area contributed by atoms with Gasteiger partial charge in [-0.3, -0.25) is 0 Å². The van der Waals surface area contributed by atoms with Crippen LogP contribution in [0.3, 0.4) is 0 Å². The molecule has 0 radical (unpaired) electrons. The van der Waals surface area contributed by atoms with E-state index in [0.29, 0.717) is 17.7 Å². The van der Waals surface area contributed by atoms with E-state index in [2.05, 4.69) is 17.2 Å². The maximum absolute atomic E-state index is 11.6. The lowest BCUT2D eigenvalue weighted by Gasteiger charge is -2.17. The molecule has 1 heterocycles. The SMILES string of the molecule is CC1CCCC1CNc1ncccc1S(C)(=O)=O. The Morgan fingerprint density at radius 3 is 2.83 bits per heavy atom. The van der Waals surface area contributed by atoms with Crippen LogP contribution in [0.2, 0.25) is 0 Å². The second-order valence-corrected chi connectivity index (χ2v) is 7.16. The molecule has 1 aliphatic rings. The van der Waals surface area contributed by atoms with Crippen LogP contribution in [0, 0.1) is 11.8 Å². The van der Waals surface area contributed by atoms with Gasteiger partial charge in [-0.25, -0.2) is 13.4 Å². The van der Waals surface area contributed by atoms with Crippen molar-refractivity contribution in [1.82, 2.24) is 4.98 Å². The molecule has 5 heteroatoms. The van der Waals surface area contributed by atoms with Crippen molar-refractivity contribution in [2.45, 2.75) is 31.1 Å². The molecule has 4 nitrogen and oxygen atoms in total. The minimum absolute atomic E-state index is 0.288. The number of hydrogen-bond acceptors (Lipinski definition) is 4. The first-order valence-corrected chi connectivity index (χ1v) is 8.26.